The Morgan fingerprint density at radius 1 is 1.33 bits per heavy atom. The van der Waals surface area contributed by atoms with Gasteiger partial charge in [0.25, 0.3) is 11.6 Å². The molecule has 0 aliphatic heterocycles. The molecular formula is C17H15N3O4. The highest BCUT2D eigenvalue weighted by molar-refractivity contribution is 5.80. The summed E-state index contributed by atoms with van der Waals surface area (Å²) in [6.45, 7) is 1.59. The molecule has 7 heteroatoms. The van der Waals surface area contributed by atoms with Crippen molar-refractivity contribution in [2.45, 2.75) is 19.6 Å². The van der Waals surface area contributed by atoms with Crippen molar-refractivity contribution in [3.63, 3.8) is 0 Å². The van der Waals surface area contributed by atoms with Crippen LogP contribution < -0.4 is 10.1 Å². The zero-order chi connectivity index (χ0) is 17.5. The minimum absolute atomic E-state index is 0.0297. The molecule has 0 aromatic heterocycles. The lowest BCUT2D eigenvalue weighted by molar-refractivity contribution is -0.385. The summed E-state index contributed by atoms with van der Waals surface area (Å²) in [6, 6.07) is 14.7. The molecule has 0 bridgehead atoms. The highest BCUT2D eigenvalue weighted by atomic mass is 16.6. The second kappa shape index (κ2) is 7.74. The molecule has 2 rings (SSSR count). The number of hydrogen-bond acceptors (Lipinski definition) is 5. The van der Waals surface area contributed by atoms with E-state index in [1.165, 1.54) is 12.1 Å². The number of nitro groups is 1. The third-order valence-electron chi connectivity index (χ3n) is 3.29. The lowest BCUT2D eigenvalue weighted by Gasteiger charge is -2.15. The van der Waals surface area contributed by atoms with Gasteiger partial charge in [-0.3, -0.25) is 14.9 Å². The fraction of sp³-hybridized carbons (Fsp3) is 0.176. The van der Waals surface area contributed by atoms with Crippen molar-refractivity contribution in [1.82, 2.24) is 5.32 Å². The van der Waals surface area contributed by atoms with Crippen LogP contribution in [0.2, 0.25) is 0 Å². The second-order valence-electron chi connectivity index (χ2n) is 5.00. The monoisotopic (exact) mass is 325 g/mol. The topological polar surface area (TPSA) is 105 Å². The predicted molar refractivity (Wildman–Crippen MR) is 86.2 cm³/mol. The van der Waals surface area contributed by atoms with Gasteiger partial charge in [0, 0.05) is 18.2 Å². The van der Waals surface area contributed by atoms with Gasteiger partial charge in [0.1, 0.15) is 5.75 Å². The first-order chi connectivity index (χ1) is 11.5. The zero-order valence-corrected chi connectivity index (χ0v) is 12.9. The van der Waals surface area contributed by atoms with Gasteiger partial charge in [-0.2, -0.15) is 5.26 Å². The van der Waals surface area contributed by atoms with E-state index in [9.17, 15) is 14.9 Å². The van der Waals surface area contributed by atoms with Crippen molar-refractivity contribution in [1.29, 1.82) is 5.26 Å². The van der Waals surface area contributed by atoms with E-state index in [4.69, 9.17) is 10.00 Å². The minimum Gasteiger partial charge on any atom is -0.481 e. The van der Waals surface area contributed by atoms with Crippen LogP contribution in [0.3, 0.4) is 0 Å². The third-order valence-corrected chi connectivity index (χ3v) is 3.29. The Morgan fingerprint density at radius 2 is 2.08 bits per heavy atom. The number of rotatable bonds is 6. The Hall–Kier alpha value is -3.40. The number of nitriles is 1. The molecule has 1 atom stereocenters. The number of ether oxygens (including phenoxy) is 1. The van der Waals surface area contributed by atoms with Gasteiger partial charge in [0.2, 0.25) is 0 Å². The van der Waals surface area contributed by atoms with E-state index < -0.39 is 16.9 Å². The molecule has 7 nitrogen and oxygen atoms in total. The van der Waals surface area contributed by atoms with Gasteiger partial charge in [0.15, 0.2) is 6.10 Å². The van der Waals surface area contributed by atoms with Crippen LogP contribution >= 0.6 is 0 Å². The van der Waals surface area contributed by atoms with Crippen LogP contribution in [-0.2, 0) is 11.3 Å². The first-order valence-corrected chi connectivity index (χ1v) is 7.18. The van der Waals surface area contributed by atoms with Crippen molar-refractivity contribution in [2.24, 2.45) is 0 Å². The van der Waals surface area contributed by atoms with Crippen LogP contribution in [0.1, 0.15) is 18.1 Å². The molecule has 0 saturated heterocycles. The lowest BCUT2D eigenvalue weighted by Crippen LogP contribution is -2.36. The summed E-state index contributed by atoms with van der Waals surface area (Å²) < 4.78 is 5.49. The maximum absolute atomic E-state index is 12.1. The molecular weight excluding hydrogens is 310 g/mol. The summed E-state index contributed by atoms with van der Waals surface area (Å²) in [5, 5.41) is 22.4. The highest BCUT2D eigenvalue weighted by Crippen LogP contribution is 2.18. The van der Waals surface area contributed by atoms with Gasteiger partial charge in [-0.05, 0) is 25.1 Å². The second-order valence-corrected chi connectivity index (χ2v) is 5.00. The molecule has 0 heterocycles. The van der Waals surface area contributed by atoms with Gasteiger partial charge in [-0.25, -0.2) is 0 Å². The summed E-state index contributed by atoms with van der Waals surface area (Å²) >= 11 is 0. The third kappa shape index (κ3) is 4.30. The van der Waals surface area contributed by atoms with Crippen LogP contribution in [0.15, 0.2) is 48.5 Å². The van der Waals surface area contributed by atoms with Crippen molar-refractivity contribution in [3.8, 4) is 11.8 Å². The van der Waals surface area contributed by atoms with Crippen LogP contribution in [0.5, 0.6) is 5.75 Å². The predicted octanol–water partition coefficient (Wildman–Crippen LogP) is 2.55. The number of benzene rings is 2. The number of nitrogens with one attached hydrogen (secondary N) is 1. The number of carbonyl (C=O) groups excluding carboxylic acids is 1. The van der Waals surface area contributed by atoms with E-state index in [0.29, 0.717) is 16.9 Å². The van der Waals surface area contributed by atoms with Gasteiger partial charge in [0.05, 0.1) is 16.6 Å². The molecule has 2 aromatic rings. The molecule has 1 amide bonds. The molecule has 0 spiro atoms. The molecule has 0 aliphatic carbocycles. The first-order valence-electron chi connectivity index (χ1n) is 7.18. The Morgan fingerprint density at radius 3 is 2.79 bits per heavy atom. The van der Waals surface area contributed by atoms with Crippen molar-refractivity contribution < 1.29 is 14.5 Å². The Kier molecular flexibility index (Phi) is 5.47. The SMILES string of the molecule is CC(Oc1cccc(C#N)c1)C(=O)NCc1ccccc1[N+](=O)[O-]. The van der Waals surface area contributed by atoms with Crippen molar-refractivity contribution in [3.05, 3.63) is 69.8 Å². The van der Waals surface area contributed by atoms with Crippen molar-refractivity contribution in [2.75, 3.05) is 0 Å². The Balaban J connectivity index is 1.97. The Labute approximate surface area is 138 Å². The van der Waals surface area contributed by atoms with Crippen LogP contribution in [-0.4, -0.2) is 16.9 Å². The fourth-order valence-corrected chi connectivity index (χ4v) is 2.06. The van der Waals surface area contributed by atoms with Gasteiger partial charge in [-0.15, -0.1) is 0 Å². The standard InChI is InChI=1S/C17H15N3O4/c1-12(24-15-7-4-5-13(9-15)10-18)17(21)19-11-14-6-2-3-8-16(14)20(22)23/h2-9,12H,11H2,1H3,(H,19,21). The quantitative estimate of drug-likeness (QED) is 0.649. The fourth-order valence-electron chi connectivity index (χ4n) is 2.06. The molecule has 1 unspecified atom stereocenters. The average Bonchev–Trinajstić information content (AvgIpc) is 2.59. The van der Waals surface area contributed by atoms with E-state index in [-0.39, 0.29) is 12.2 Å². The maximum atomic E-state index is 12.1. The van der Waals surface area contributed by atoms with Crippen LogP contribution in [0, 0.1) is 21.4 Å². The van der Waals surface area contributed by atoms with Gasteiger partial charge < -0.3 is 10.1 Å². The summed E-state index contributed by atoms with van der Waals surface area (Å²) in [7, 11) is 0. The average molecular weight is 325 g/mol. The first kappa shape index (κ1) is 17.0. The van der Waals surface area contributed by atoms with Crippen LogP contribution in [0.4, 0.5) is 5.69 Å². The van der Waals surface area contributed by atoms with E-state index in [1.807, 2.05) is 6.07 Å². The molecule has 0 radical (unpaired) electrons. The molecule has 0 aliphatic rings. The number of amides is 1. The van der Waals surface area contributed by atoms with E-state index in [0.717, 1.165) is 0 Å². The van der Waals surface area contributed by atoms with E-state index >= 15 is 0 Å². The summed E-state index contributed by atoms with van der Waals surface area (Å²) in [4.78, 5) is 22.5. The molecule has 2 aromatic carbocycles. The number of carbonyl (C=O) groups is 1. The normalized spacial score (nSPS) is 11.2. The highest BCUT2D eigenvalue weighted by Gasteiger charge is 2.17. The maximum Gasteiger partial charge on any atom is 0.274 e. The zero-order valence-electron chi connectivity index (χ0n) is 12.9. The molecule has 0 saturated carbocycles. The number of nitro benzene ring substituents is 1. The lowest BCUT2D eigenvalue weighted by atomic mass is 10.2. The smallest absolute Gasteiger partial charge is 0.274 e. The summed E-state index contributed by atoms with van der Waals surface area (Å²) in [6.07, 6.45) is -0.804. The van der Waals surface area contributed by atoms with E-state index in [1.54, 1.807) is 43.3 Å². The molecule has 1 N–H and O–H groups in total. The Bertz CT molecular complexity index is 798. The molecule has 0 fully saturated rings. The van der Waals surface area contributed by atoms with Gasteiger partial charge in [-0.1, -0.05) is 24.3 Å². The summed E-state index contributed by atoms with van der Waals surface area (Å²) in [5.41, 5.74) is 0.794. The molecule has 122 valence electrons. The summed E-state index contributed by atoms with van der Waals surface area (Å²) in [5.74, 6) is -0.00194. The number of hydrogen-bond donors (Lipinski definition) is 1. The van der Waals surface area contributed by atoms with E-state index in [2.05, 4.69) is 5.32 Å². The van der Waals surface area contributed by atoms with Crippen LogP contribution in [0.25, 0.3) is 0 Å². The van der Waals surface area contributed by atoms with Crippen molar-refractivity contribution >= 4 is 11.6 Å². The number of nitrogens with zero attached hydrogens (tertiary/aromatic N) is 2. The number of para-hydroxylation sites is 1. The van der Waals surface area contributed by atoms with Gasteiger partial charge >= 0.3 is 0 Å². The minimum atomic E-state index is -0.804. The largest absolute Gasteiger partial charge is 0.481 e. The molecule has 24 heavy (non-hydrogen) atoms.